The molecule has 0 saturated heterocycles. The van der Waals surface area contributed by atoms with Gasteiger partial charge in [0.15, 0.2) is 5.76 Å². The number of amides is 2. The Labute approximate surface area is 105 Å². The fourth-order valence-electron chi connectivity index (χ4n) is 1.26. The van der Waals surface area contributed by atoms with Crippen LogP contribution < -0.4 is 10.6 Å². The molecule has 0 aliphatic heterocycles. The molecule has 1 heterocycles. The van der Waals surface area contributed by atoms with Crippen LogP contribution in [-0.4, -0.2) is 36.1 Å². The van der Waals surface area contributed by atoms with Crippen molar-refractivity contribution >= 4 is 11.8 Å². The zero-order valence-electron chi connectivity index (χ0n) is 10.5. The average Bonchev–Trinajstić information content (AvgIpc) is 2.88. The lowest BCUT2D eigenvalue weighted by atomic mass is 10.1. The molecule has 2 atom stereocenters. The maximum atomic E-state index is 11.5. The number of aliphatic hydroxyl groups is 1. The van der Waals surface area contributed by atoms with E-state index in [4.69, 9.17) is 9.52 Å². The molecule has 1 aromatic heterocycles. The van der Waals surface area contributed by atoms with Gasteiger partial charge < -0.3 is 20.2 Å². The van der Waals surface area contributed by atoms with Crippen LogP contribution >= 0.6 is 0 Å². The van der Waals surface area contributed by atoms with E-state index in [1.165, 1.54) is 12.3 Å². The van der Waals surface area contributed by atoms with Crippen LogP contribution in [0.4, 0.5) is 0 Å². The van der Waals surface area contributed by atoms with E-state index in [-0.39, 0.29) is 36.8 Å². The van der Waals surface area contributed by atoms with Gasteiger partial charge in [-0.1, -0.05) is 6.92 Å². The van der Waals surface area contributed by atoms with Crippen molar-refractivity contribution in [3.05, 3.63) is 24.2 Å². The summed E-state index contributed by atoms with van der Waals surface area (Å²) in [6.45, 7) is 3.50. The largest absolute Gasteiger partial charge is 0.459 e. The zero-order valence-corrected chi connectivity index (χ0v) is 10.5. The highest BCUT2D eigenvalue weighted by Gasteiger charge is 2.15. The van der Waals surface area contributed by atoms with Crippen molar-refractivity contribution in [1.29, 1.82) is 0 Å². The monoisotopic (exact) mass is 254 g/mol. The molecule has 0 spiro atoms. The van der Waals surface area contributed by atoms with Gasteiger partial charge in [-0.05, 0) is 25.0 Å². The van der Waals surface area contributed by atoms with Gasteiger partial charge in [-0.25, -0.2) is 0 Å². The summed E-state index contributed by atoms with van der Waals surface area (Å²) >= 11 is 0. The van der Waals surface area contributed by atoms with Crippen LogP contribution in [0, 0.1) is 5.92 Å². The summed E-state index contributed by atoms with van der Waals surface area (Å²) in [6.07, 6.45) is 1.39. The number of hydrogen-bond donors (Lipinski definition) is 3. The van der Waals surface area contributed by atoms with Gasteiger partial charge in [-0.3, -0.25) is 9.59 Å². The first kappa shape index (κ1) is 14.2. The van der Waals surface area contributed by atoms with E-state index in [1.54, 1.807) is 13.0 Å². The molecule has 6 nitrogen and oxygen atoms in total. The third-order valence-electron chi connectivity index (χ3n) is 2.68. The molecule has 100 valence electrons. The maximum Gasteiger partial charge on any atom is 0.287 e. The third-order valence-corrected chi connectivity index (χ3v) is 2.68. The third kappa shape index (κ3) is 4.21. The van der Waals surface area contributed by atoms with Gasteiger partial charge in [-0.15, -0.1) is 0 Å². The smallest absolute Gasteiger partial charge is 0.287 e. The first-order chi connectivity index (χ1) is 8.54. The van der Waals surface area contributed by atoms with Crippen LogP contribution in [0.3, 0.4) is 0 Å². The minimum absolute atomic E-state index is 0.000200. The Morgan fingerprint density at radius 2 is 2.17 bits per heavy atom. The summed E-state index contributed by atoms with van der Waals surface area (Å²) in [7, 11) is 0. The van der Waals surface area contributed by atoms with E-state index in [9.17, 15) is 9.59 Å². The Morgan fingerprint density at radius 3 is 2.72 bits per heavy atom. The highest BCUT2D eigenvalue weighted by Crippen LogP contribution is 2.00. The summed E-state index contributed by atoms with van der Waals surface area (Å²) in [5.41, 5.74) is 0. The first-order valence-corrected chi connectivity index (χ1v) is 5.76. The SMILES string of the molecule is CC(CO)C(C)NC(=O)CNC(=O)c1ccco1. The average molecular weight is 254 g/mol. The van der Waals surface area contributed by atoms with Crippen molar-refractivity contribution in [3.8, 4) is 0 Å². The molecule has 1 aromatic rings. The van der Waals surface area contributed by atoms with Crippen LogP contribution in [-0.2, 0) is 4.79 Å². The molecule has 0 aliphatic carbocycles. The molecule has 3 N–H and O–H groups in total. The second-order valence-corrected chi connectivity index (χ2v) is 4.18. The van der Waals surface area contributed by atoms with Gasteiger partial charge in [0.05, 0.1) is 12.8 Å². The Hall–Kier alpha value is -1.82. The Bertz CT molecular complexity index is 389. The molecule has 6 heteroatoms. The van der Waals surface area contributed by atoms with Crippen LogP contribution in [0.5, 0.6) is 0 Å². The lowest BCUT2D eigenvalue weighted by Gasteiger charge is -2.19. The van der Waals surface area contributed by atoms with Crippen molar-refractivity contribution in [3.63, 3.8) is 0 Å². The van der Waals surface area contributed by atoms with E-state index >= 15 is 0 Å². The predicted octanol–water partition coefficient (Wildman–Crippen LogP) is 0.143. The molecule has 2 amide bonds. The fraction of sp³-hybridized carbons (Fsp3) is 0.500. The number of nitrogens with one attached hydrogen (secondary N) is 2. The molecule has 0 fully saturated rings. The second kappa shape index (κ2) is 6.80. The van der Waals surface area contributed by atoms with E-state index < -0.39 is 5.91 Å². The van der Waals surface area contributed by atoms with Crippen LogP contribution in [0.15, 0.2) is 22.8 Å². The highest BCUT2D eigenvalue weighted by molar-refractivity contribution is 5.94. The maximum absolute atomic E-state index is 11.5. The summed E-state index contributed by atoms with van der Waals surface area (Å²) < 4.78 is 4.89. The number of carbonyl (C=O) groups excluding carboxylic acids is 2. The van der Waals surface area contributed by atoms with Gasteiger partial charge >= 0.3 is 0 Å². The van der Waals surface area contributed by atoms with Crippen LogP contribution in [0.25, 0.3) is 0 Å². The van der Waals surface area contributed by atoms with Gasteiger partial charge in [0.25, 0.3) is 5.91 Å². The van der Waals surface area contributed by atoms with Gasteiger partial charge in [0.2, 0.25) is 5.91 Å². The first-order valence-electron chi connectivity index (χ1n) is 5.76. The molecule has 2 unspecified atom stereocenters. The number of carbonyl (C=O) groups is 2. The van der Waals surface area contributed by atoms with E-state index in [0.29, 0.717) is 0 Å². The van der Waals surface area contributed by atoms with Gasteiger partial charge in [0, 0.05) is 12.6 Å². The summed E-state index contributed by atoms with van der Waals surface area (Å²) in [4.78, 5) is 23.0. The summed E-state index contributed by atoms with van der Waals surface area (Å²) in [5, 5.41) is 14.1. The number of aliphatic hydroxyl groups excluding tert-OH is 1. The zero-order chi connectivity index (χ0) is 13.5. The summed E-state index contributed by atoms with van der Waals surface area (Å²) in [6, 6.07) is 2.96. The van der Waals surface area contributed by atoms with Gasteiger partial charge in [-0.2, -0.15) is 0 Å². The highest BCUT2D eigenvalue weighted by atomic mass is 16.3. The lowest BCUT2D eigenvalue weighted by Crippen LogP contribution is -2.43. The molecule has 0 aromatic carbocycles. The summed E-state index contributed by atoms with van der Waals surface area (Å²) in [5.74, 6) is -0.602. The standard InChI is InChI=1S/C12H18N2O4/c1-8(7-15)9(2)14-11(16)6-13-12(17)10-4-3-5-18-10/h3-5,8-9,15H,6-7H2,1-2H3,(H,13,17)(H,14,16). The minimum Gasteiger partial charge on any atom is -0.459 e. The number of furan rings is 1. The Morgan fingerprint density at radius 1 is 1.44 bits per heavy atom. The lowest BCUT2D eigenvalue weighted by molar-refractivity contribution is -0.121. The van der Waals surface area contributed by atoms with E-state index in [1.807, 2.05) is 6.92 Å². The molecule has 0 saturated carbocycles. The van der Waals surface area contributed by atoms with Crippen LogP contribution in [0.1, 0.15) is 24.4 Å². The normalized spacial score (nSPS) is 13.7. The van der Waals surface area contributed by atoms with Crippen molar-refractivity contribution < 1.29 is 19.1 Å². The molecular formula is C12H18N2O4. The predicted molar refractivity (Wildman–Crippen MR) is 64.9 cm³/mol. The second-order valence-electron chi connectivity index (χ2n) is 4.18. The van der Waals surface area contributed by atoms with Crippen molar-refractivity contribution in [2.24, 2.45) is 5.92 Å². The topological polar surface area (TPSA) is 91.6 Å². The van der Waals surface area contributed by atoms with Crippen molar-refractivity contribution in [2.45, 2.75) is 19.9 Å². The number of hydrogen-bond acceptors (Lipinski definition) is 4. The van der Waals surface area contributed by atoms with E-state index in [2.05, 4.69) is 10.6 Å². The molecule has 0 aliphatic rings. The molecule has 0 radical (unpaired) electrons. The van der Waals surface area contributed by atoms with Crippen molar-refractivity contribution in [2.75, 3.05) is 13.2 Å². The molecule has 1 rings (SSSR count). The van der Waals surface area contributed by atoms with Gasteiger partial charge in [0.1, 0.15) is 0 Å². The Balaban J connectivity index is 2.31. The Kier molecular flexibility index (Phi) is 5.38. The molecule has 0 bridgehead atoms. The molecular weight excluding hydrogens is 236 g/mol. The van der Waals surface area contributed by atoms with Crippen LogP contribution in [0.2, 0.25) is 0 Å². The van der Waals surface area contributed by atoms with Crippen molar-refractivity contribution in [1.82, 2.24) is 10.6 Å². The van der Waals surface area contributed by atoms with E-state index in [0.717, 1.165) is 0 Å². The molecule has 18 heavy (non-hydrogen) atoms. The fourth-order valence-corrected chi connectivity index (χ4v) is 1.26. The minimum atomic E-state index is -0.432. The quantitative estimate of drug-likeness (QED) is 0.673. The number of rotatable bonds is 6.